The van der Waals surface area contributed by atoms with Crippen LogP contribution in [-0.2, 0) is 4.74 Å². The van der Waals surface area contributed by atoms with E-state index >= 15 is 0 Å². The second kappa shape index (κ2) is 7.56. The fourth-order valence-corrected chi connectivity index (χ4v) is 3.65. The highest BCUT2D eigenvalue weighted by atomic mass is 32.2. The smallest absolute Gasteiger partial charge is 0.131 e. The summed E-state index contributed by atoms with van der Waals surface area (Å²) in [6, 6.07) is 13.7. The van der Waals surface area contributed by atoms with Gasteiger partial charge in [0, 0.05) is 22.9 Å². The highest BCUT2D eigenvalue weighted by molar-refractivity contribution is 7.99. The molecule has 1 atom stereocenters. The molecule has 1 aliphatic heterocycles. The van der Waals surface area contributed by atoms with Crippen LogP contribution in [0.2, 0.25) is 0 Å². The first kappa shape index (κ1) is 17.9. The van der Waals surface area contributed by atoms with E-state index in [4.69, 9.17) is 20.9 Å². The molecule has 0 aromatic heterocycles. The molecule has 3 rings (SSSR count). The molecule has 0 radical (unpaired) electrons. The van der Waals surface area contributed by atoms with Crippen molar-refractivity contribution in [3.63, 3.8) is 0 Å². The molecule has 0 amide bonds. The third-order valence-corrected chi connectivity index (χ3v) is 5.16. The van der Waals surface area contributed by atoms with Crippen molar-refractivity contribution in [2.24, 2.45) is 0 Å². The molecular formula is C19H25N3O2S. The minimum atomic E-state index is -0.414. The highest BCUT2D eigenvalue weighted by Gasteiger charge is 2.33. The second-order valence-electron chi connectivity index (χ2n) is 6.64. The molecule has 1 fully saturated rings. The summed E-state index contributed by atoms with van der Waals surface area (Å²) in [5.41, 5.74) is 12.4. The number of hydrogen-bond donors (Lipinski definition) is 3. The van der Waals surface area contributed by atoms with Crippen molar-refractivity contribution in [2.75, 3.05) is 31.2 Å². The van der Waals surface area contributed by atoms with E-state index in [-0.39, 0.29) is 6.10 Å². The lowest BCUT2D eigenvalue weighted by Crippen LogP contribution is -2.53. The third kappa shape index (κ3) is 4.60. The molecule has 0 bridgehead atoms. The number of rotatable bonds is 5. The molecule has 134 valence electrons. The molecule has 1 unspecified atom stereocenters. The maximum Gasteiger partial charge on any atom is 0.131 e. The molecule has 6 heteroatoms. The molecule has 2 aromatic carbocycles. The average Bonchev–Trinajstić information content (AvgIpc) is 2.59. The summed E-state index contributed by atoms with van der Waals surface area (Å²) in [6.45, 7) is 6.53. The largest absolute Gasteiger partial charge is 0.485 e. The summed E-state index contributed by atoms with van der Waals surface area (Å²) in [7, 11) is 0. The predicted octanol–water partition coefficient (Wildman–Crippen LogP) is 3.15. The second-order valence-corrected chi connectivity index (χ2v) is 7.78. The van der Waals surface area contributed by atoms with Crippen molar-refractivity contribution in [3.05, 3.63) is 42.5 Å². The zero-order valence-electron chi connectivity index (χ0n) is 14.6. The monoisotopic (exact) mass is 359 g/mol. The van der Waals surface area contributed by atoms with Crippen LogP contribution in [0.15, 0.2) is 52.3 Å². The Labute approximate surface area is 153 Å². The summed E-state index contributed by atoms with van der Waals surface area (Å²) in [5, 5.41) is 3.35. The fourth-order valence-electron chi connectivity index (χ4n) is 2.73. The van der Waals surface area contributed by atoms with Gasteiger partial charge >= 0.3 is 0 Å². The minimum Gasteiger partial charge on any atom is -0.485 e. The Morgan fingerprint density at radius 2 is 1.92 bits per heavy atom. The zero-order valence-corrected chi connectivity index (χ0v) is 15.4. The van der Waals surface area contributed by atoms with E-state index in [1.54, 1.807) is 11.8 Å². The van der Waals surface area contributed by atoms with Gasteiger partial charge in [0.25, 0.3) is 0 Å². The lowest BCUT2D eigenvalue weighted by atomic mass is 10.0. The van der Waals surface area contributed by atoms with Crippen LogP contribution in [0.1, 0.15) is 13.8 Å². The van der Waals surface area contributed by atoms with Crippen LogP contribution >= 0.6 is 11.8 Å². The number of anilines is 2. The summed E-state index contributed by atoms with van der Waals surface area (Å²) >= 11 is 1.63. The van der Waals surface area contributed by atoms with E-state index < -0.39 is 5.60 Å². The third-order valence-electron chi connectivity index (χ3n) is 4.18. The number of nitrogen functional groups attached to an aromatic ring is 2. The highest BCUT2D eigenvalue weighted by Crippen LogP contribution is 2.33. The molecule has 0 aliphatic carbocycles. The van der Waals surface area contributed by atoms with Gasteiger partial charge in [-0.1, -0.05) is 17.8 Å². The molecule has 5 N–H and O–H groups in total. The van der Waals surface area contributed by atoms with Gasteiger partial charge in [0.2, 0.25) is 0 Å². The Bertz CT molecular complexity index is 730. The van der Waals surface area contributed by atoms with Gasteiger partial charge in [-0.25, -0.2) is 0 Å². The maximum absolute atomic E-state index is 6.24. The average molecular weight is 359 g/mol. The van der Waals surface area contributed by atoms with Crippen molar-refractivity contribution >= 4 is 23.1 Å². The van der Waals surface area contributed by atoms with Crippen molar-refractivity contribution in [3.8, 4) is 5.75 Å². The predicted molar refractivity (Wildman–Crippen MR) is 103 cm³/mol. The Morgan fingerprint density at radius 3 is 2.64 bits per heavy atom. The van der Waals surface area contributed by atoms with Crippen molar-refractivity contribution in [1.29, 1.82) is 0 Å². The Hall–Kier alpha value is -1.89. The van der Waals surface area contributed by atoms with Gasteiger partial charge in [-0.2, -0.15) is 0 Å². The molecule has 1 aliphatic rings. The molecule has 1 saturated heterocycles. The molecule has 0 spiro atoms. The lowest BCUT2D eigenvalue weighted by Gasteiger charge is -2.37. The fraction of sp³-hybridized carbons (Fsp3) is 0.368. The number of nitrogens with two attached hydrogens (primary N) is 2. The topological polar surface area (TPSA) is 82.5 Å². The summed E-state index contributed by atoms with van der Waals surface area (Å²) in [6.07, 6.45) is 0.0226. The number of benzene rings is 2. The van der Waals surface area contributed by atoms with Crippen LogP contribution in [0.4, 0.5) is 11.4 Å². The number of nitrogens with one attached hydrogen (secondary N) is 1. The van der Waals surface area contributed by atoms with E-state index in [9.17, 15) is 0 Å². The Kier molecular flexibility index (Phi) is 5.42. The Balaban J connectivity index is 1.71. The van der Waals surface area contributed by atoms with Crippen molar-refractivity contribution in [1.82, 2.24) is 5.32 Å². The molecule has 25 heavy (non-hydrogen) atoms. The molecular weight excluding hydrogens is 334 g/mol. The molecule has 5 nitrogen and oxygen atoms in total. The maximum atomic E-state index is 6.24. The first-order valence-corrected chi connectivity index (χ1v) is 9.20. The van der Waals surface area contributed by atoms with E-state index in [1.165, 1.54) is 0 Å². The molecule has 2 aromatic rings. The lowest BCUT2D eigenvalue weighted by molar-refractivity contribution is -0.0855. The normalized spacial score (nSPS) is 18.1. The summed E-state index contributed by atoms with van der Waals surface area (Å²) in [5.74, 6) is 0.826. The summed E-state index contributed by atoms with van der Waals surface area (Å²) in [4.78, 5) is 2.13. The van der Waals surface area contributed by atoms with Gasteiger partial charge in [0.15, 0.2) is 0 Å². The van der Waals surface area contributed by atoms with Crippen LogP contribution in [0.5, 0.6) is 5.75 Å². The minimum absolute atomic E-state index is 0.0226. The van der Waals surface area contributed by atoms with Crippen LogP contribution in [0.25, 0.3) is 0 Å². The molecule has 1 heterocycles. The quantitative estimate of drug-likeness (QED) is 0.712. The van der Waals surface area contributed by atoms with Crippen molar-refractivity contribution in [2.45, 2.75) is 35.3 Å². The van der Waals surface area contributed by atoms with E-state index in [2.05, 4.69) is 25.2 Å². The van der Waals surface area contributed by atoms with Crippen LogP contribution < -0.4 is 21.5 Å². The van der Waals surface area contributed by atoms with Gasteiger partial charge < -0.3 is 26.3 Å². The molecule has 0 saturated carbocycles. The number of morpholine rings is 1. The SMILES string of the molecule is CC(C)(Oc1cccc(Sc2ccc(N)c(N)c2)c1)C1CNCCO1. The van der Waals surface area contributed by atoms with Crippen LogP contribution in [0.3, 0.4) is 0 Å². The van der Waals surface area contributed by atoms with E-state index in [0.717, 1.165) is 28.6 Å². The van der Waals surface area contributed by atoms with Gasteiger partial charge in [-0.05, 0) is 50.2 Å². The van der Waals surface area contributed by atoms with Crippen molar-refractivity contribution < 1.29 is 9.47 Å². The number of ether oxygens (including phenoxy) is 2. The first-order valence-electron chi connectivity index (χ1n) is 8.38. The zero-order chi connectivity index (χ0) is 17.9. The van der Waals surface area contributed by atoms with E-state index in [0.29, 0.717) is 18.0 Å². The first-order chi connectivity index (χ1) is 11.9. The summed E-state index contributed by atoms with van der Waals surface area (Å²) < 4.78 is 12.1. The van der Waals surface area contributed by atoms with Gasteiger partial charge in [0.1, 0.15) is 17.5 Å². The van der Waals surface area contributed by atoms with Crippen LogP contribution in [-0.4, -0.2) is 31.4 Å². The number of hydrogen-bond acceptors (Lipinski definition) is 6. The van der Waals surface area contributed by atoms with Gasteiger partial charge in [-0.15, -0.1) is 0 Å². The standard InChI is InChI=1S/C19H25N3O2S/c1-19(2,18-12-22-8-9-23-18)24-13-4-3-5-14(10-13)25-15-6-7-16(20)17(21)11-15/h3-7,10-11,18,22H,8-9,12,20-21H2,1-2H3. The van der Waals surface area contributed by atoms with E-state index in [1.807, 2.05) is 36.4 Å². The van der Waals surface area contributed by atoms with Gasteiger partial charge in [-0.3, -0.25) is 0 Å². The van der Waals surface area contributed by atoms with Gasteiger partial charge in [0.05, 0.1) is 18.0 Å². The van der Waals surface area contributed by atoms with Crippen LogP contribution in [0, 0.1) is 0 Å². The Morgan fingerprint density at radius 1 is 1.12 bits per heavy atom.